The predicted octanol–water partition coefficient (Wildman–Crippen LogP) is 2.58. The highest BCUT2D eigenvalue weighted by atomic mass is 19.4. The van der Waals surface area contributed by atoms with E-state index in [4.69, 9.17) is 5.73 Å². The van der Waals surface area contributed by atoms with Crippen LogP contribution in [0.15, 0.2) is 36.5 Å². The van der Waals surface area contributed by atoms with Crippen LogP contribution in [0.2, 0.25) is 0 Å². The van der Waals surface area contributed by atoms with Crippen LogP contribution in [0, 0.1) is 0 Å². The molecule has 6 N–H and O–H groups in total. The van der Waals surface area contributed by atoms with Gasteiger partial charge in [0.25, 0.3) is 0 Å². The molecule has 1 amide bonds. The summed E-state index contributed by atoms with van der Waals surface area (Å²) in [7, 11) is 0. The van der Waals surface area contributed by atoms with E-state index in [-0.39, 0.29) is 6.54 Å². The first-order valence-corrected chi connectivity index (χ1v) is 7.70. The molecule has 2 aromatic heterocycles. The minimum Gasteiger partial charge on any atom is -0.366 e. The fraction of sp³-hybridized carbons (Fsp3) is 0.188. The topological polar surface area (TPSA) is 110 Å². The van der Waals surface area contributed by atoms with Crippen molar-refractivity contribution in [1.82, 2.24) is 9.97 Å². The second-order valence-electron chi connectivity index (χ2n) is 5.56. The molecule has 26 heavy (non-hydrogen) atoms. The number of rotatable bonds is 6. The maximum atomic E-state index is 12.4. The average Bonchev–Trinajstić information content (AvgIpc) is 3.03. The van der Waals surface area contributed by atoms with E-state index in [1.807, 2.05) is 0 Å². The maximum absolute atomic E-state index is 12.4. The molecule has 0 aliphatic heterocycles. The van der Waals surface area contributed by atoms with Gasteiger partial charge >= 0.3 is 12.1 Å². The van der Waals surface area contributed by atoms with E-state index in [1.54, 1.807) is 36.5 Å². The number of carbonyl (C=O) groups is 1. The summed E-state index contributed by atoms with van der Waals surface area (Å²) in [6, 6.07) is 8.11. The highest BCUT2D eigenvalue weighted by Gasteiger charge is 2.27. The first-order chi connectivity index (χ1) is 12.3. The van der Waals surface area contributed by atoms with Crippen LogP contribution in [0.25, 0.3) is 11.0 Å². The van der Waals surface area contributed by atoms with E-state index in [2.05, 4.69) is 25.6 Å². The van der Waals surface area contributed by atoms with E-state index < -0.39 is 18.5 Å². The molecule has 3 aromatic rings. The second kappa shape index (κ2) is 6.90. The normalized spacial score (nSPS) is 11.5. The highest BCUT2D eigenvalue weighted by molar-refractivity contribution is 5.93. The Kier molecular flexibility index (Phi) is 4.65. The number of nitrogens with zero attached hydrogens (tertiary/aromatic N) is 1. The van der Waals surface area contributed by atoms with Gasteiger partial charge in [0.2, 0.25) is 17.4 Å². The second-order valence-corrected chi connectivity index (χ2v) is 5.56. The molecular formula is C16H16F3N6O+. The molecule has 2 heterocycles. The van der Waals surface area contributed by atoms with Gasteiger partial charge in [0.15, 0.2) is 0 Å². The number of benzene rings is 1. The van der Waals surface area contributed by atoms with Crippen molar-refractivity contribution >= 4 is 34.4 Å². The zero-order valence-electron chi connectivity index (χ0n) is 13.4. The number of alkyl halides is 3. The molecule has 0 fully saturated rings. The average molecular weight is 365 g/mol. The van der Waals surface area contributed by atoms with Crippen LogP contribution >= 0.6 is 0 Å². The molecule has 3 rings (SSSR count). The summed E-state index contributed by atoms with van der Waals surface area (Å²) in [6.45, 7) is -0.267. The number of hydrogen-bond acceptors (Lipinski definition) is 4. The summed E-state index contributed by atoms with van der Waals surface area (Å²) < 4.78 is 37.1. The number of nitrogens with one attached hydrogen (secondary N) is 4. The summed E-state index contributed by atoms with van der Waals surface area (Å²) in [5.41, 5.74) is 6.70. The molecule has 10 heteroatoms. The summed E-state index contributed by atoms with van der Waals surface area (Å²) >= 11 is 0. The van der Waals surface area contributed by atoms with Crippen LogP contribution in [0.3, 0.4) is 0 Å². The van der Waals surface area contributed by atoms with Gasteiger partial charge in [0.1, 0.15) is 0 Å². The number of hydrogen-bond donors (Lipinski definition) is 4. The van der Waals surface area contributed by atoms with Crippen LogP contribution in [0.1, 0.15) is 16.8 Å². The lowest BCUT2D eigenvalue weighted by Crippen LogP contribution is -2.22. The third-order valence-corrected chi connectivity index (χ3v) is 3.60. The number of nitrogens with two attached hydrogens (primary N) is 1. The van der Waals surface area contributed by atoms with Crippen molar-refractivity contribution in [2.45, 2.75) is 12.6 Å². The predicted molar refractivity (Wildman–Crippen MR) is 90.1 cm³/mol. The fourth-order valence-electron chi connectivity index (χ4n) is 2.36. The molecule has 0 aliphatic rings. The van der Waals surface area contributed by atoms with Gasteiger partial charge in [0.05, 0.1) is 24.0 Å². The highest BCUT2D eigenvalue weighted by Crippen LogP contribution is 2.22. The van der Waals surface area contributed by atoms with Crippen molar-refractivity contribution in [3.05, 3.63) is 42.1 Å². The molecular weight excluding hydrogens is 349 g/mol. The number of H-pyrrole nitrogens is 2. The summed E-state index contributed by atoms with van der Waals surface area (Å²) in [5.74, 6) is 0.197. The first kappa shape index (κ1) is 17.5. The summed E-state index contributed by atoms with van der Waals surface area (Å²) in [5, 5.41) is 6.38. The largest absolute Gasteiger partial charge is 0.391 e. The molecule has 0 radical (unpaired) electrons. The van der Waals surface area contributed by atoms with Gasteiger partial charge in [-0.05, 0) is 30.3 Å². The van der Waals surface area contributed by atoms with Crippen LogP contribution in [0.4, 0.5) is 30.6 Å². The number of anilines is 3. The van der Waals surface area contributed by atoms with E-state index in [9.17, 15) is 18.0 Å². The van der Waals surface area contributed by atoms with E-state index >= 15 is 0 Å². The quantitative estimate of drug-likeness (QED) is 0.538. The Morgan fingerprint density at radius 1 is 1.23 bits per heavy atom. The van der Waals surface area contributed by atoms with E-state index in [0.717, 1.165) is 0 Å². The Balaban J connectivity index is 1.81. The Morgan fingerprint density at radius 3 is 2.62 bits per heavy atom. The van der Waals surface area contributed by atoms with Crippen molar-refractivity contribution in [1.29, 1.82) is 0 Å². The Hall–Kier alpha value is -3.30. The van der Waals surface area contributed by atoms with Gasteiger partial charge in [-0.1, -0.05) is 4.98 Å². The Labute approximate surface area is 145 Å². The van der Waals surface area contributed by atoms with E-state index in [0.29, 0.717) is 34.1 Å². The molecule has 0 atom stereocenters. The molecule has 0 saturated carbocycles. The fourth-order valence-corrected chi connectivity index (χ4v) is 2.36. The number of fused-ring (bicyclic) bond motifs is 1. The van der Waals surface area contributed by atoms with Crippen molar-refractivity contribution in [3.8, 4) is 0 Å². The monoisotopic (exact) mass is 365 g/mol. The molecule has 136 valence electrons. The van der Waals surface area contributed by atoms with Crippen molar-refractivity contribution in [2.24, 2.45) is 5.73 Å². The minimum absolute atomic E-state index is 0.267. The van der Waals surface area contributed by atoms with Crippen molar-refractivity contribution in [3.63, 3.8) is 0 Å². The van der Waals surface area contributed by atoms with Crippen LogP contribution < -0.4 is 21.4 Å². The number of aromatic amines is 2. The number of aromatic nitrogens is 3. The van der Waals surface area contributed by atoms with Gasteiger partial charge in [-0.2, -0.15) is 13.2 Å². The van der Waals surface area contributed by atoms with E-state index in [1.165, 1.54) is 0 Å². The van der Waals surface area contributed by atoms with Crippen molar-refractivity contribution in [2.75, 3.05) is 17.2 Å². The number of carbonyl (C=O) groups excluding carboxylic acids is 1. The van der Waals surface area contributed by atoms with Crippen molar-refractivity contribution < 1.29 is 22.9 Å². The van der Waals surface area contributed by atoms with Crippen LogP contribution in [0.5, 0.6) is 0 Å². The minimum atomic E-state index is -4.24. The number of amides is 1. The Morgan fingerprint density at radius 2 is 1.96 bits per heavy atom. The SMILES string of the molecule is NC(=O)c1ccc(Nc2nc3[nH]ccc3c(NCCC(F)(F)F)[nH+]2)cc1. The Bertz CT molecular complexity index is 920. The first-order valence-electron chi connectivity index (χ1n) is 7.70. The third-order valence-electron chi connectivity index (χ3n) is 3.60. The molecule has 7 nitrogen and oxygen atoms in total. The van der Waals surface area contributed by atoms with Gasteiger partial charge in [0, 0.05) is 11.8 Å². The third kappa shape index (κ3) is 4.21. The lowest BCUT2D eigenvalue weighted by Gasteiger charge is -2.08. The lowest BCUT2D eigenvalue weighted by molar-refractivity contribution is -0.345. The van der Waals surface area contributed by atoms with Gasteiger partial charge in [-0.15, -0.1) is 0 Å². The standard InChI is InChI=1S/C16H15F3N6O/c17-16(18,19)6-8-22-14-11-5-7-21-13(11)24-15(25-14)23-10-3-1-9(2-4-10)12(20)26/h1-5,7H,6,8H2,(H2,20,26)(H3,21,22,23,24,25)/p+1. The van der Waals surface area contributed by atoms with Gasteiger partial charge in [-0.3, -0.25) is 10.1 Å². The number of halogens is 3. The summed E-state index contributed by atoms with van der Waals surface area (Å²) in [4.78, 5) is 21.3. The lowest BCUT2D eigenvalue weighted by atomic mass is 10.2. The molecule has 0 saturated heterocycles. The molecule has 0 aliphatic carbocycles. The molecule has 0 bridgehead atoms. The van der Waals surface area contributed by atoms with Crippen LogP contribution in [-0.4, -0.2) is 28.6 Å². The molecule has 0 unspecified atom stereocenters. The number of primary amides is 1. The van der Waals surface area contributed by atoms with Crippen LogP contribution in [-0.2, 0) is 0 Å². The van der Waals surface area contributed by atoms with Gasteiger partial charge in [-0.25, -0.2) is 4.98 Å². The summed E-state index contributed by atoms with van der Waals surface area (Å²) in [6.07, 6.45) is -3.54. The smallest absolute Gasteiger partial charge is 0.366 e. The van der Waals surface area contributed by atoms with Gasteiger partial charge < -0.3 is 16.0 Å². The zero-order chi connectivity index (χ0) is 18.7. The molecule has 0 spiro atoms. The maximum Gasteiger partial charge on any atom is 0.391 e. The molecule has 1 aromatic carbocycles. The zero-order valence-corrected chi connectivity index (χ0v) is 13.4.